The Bertz CT molecular complexity index is 845. The molecule has 0 saturated heterocycles. The molecule has 1 nitrogen and oxygen atoms in total. The number of rotatable bonds is 1. The van der Waals surface area contributed by atoms with E-state index in [1.165, 1.54) is 30.3 Å². The number of hydrogen-bond donors (Lipinski definition) is 0. The fraction of sp³-hybridized carbons (Fsp3) is 0.176. The first kappa shape index (κ1) is 17.0. The molecule has 0 N–H and O–H groups in total. The summed E-state index contributed by atoms with van der Waals surface area (Å²) in [5.41, 5.74) is 0.799. The summed E-state index contributed by atoms with van der Waals surface area (Å²) in [6.45, 7) is 0. The van der Waals surface area contributed by atoms with Crippen LogP contribution in [0.1, 0.15) is 16.7 Å². The molecule has 0 unspecified atom stereocenters. The summed E-state index contributed by atoms with van der Waals surface area (Å²) in [7, 11) is 0. The first-order chi connectivity index (χ1) is 11.3. The molecule has 3 rings (SSSR count). The summed E-state index contributed by atoms with van der Waals surface area (Å²) in [5, 5.41) is 0.328. The summed E-state index contributed by atoms with van der Waals surface area (Å²) >= 11 is 10.9. The Hall–Kier alpha value is -1.79. The first-order valence-electron chi connectivity index (χ1n) is 6.98. The highest BCUT2D eigenvalue weighted by Gasteiger charge is 2.44. The van der Waals surface area contributed by atoms with Crippen LogP contribution >= 0.6 is 23.8 Å². The molecule has 1 atom stereocenters. The number of halogens is 5. The van der Waals surface area contributed by atoms with Crippen molar-refractivity contribution in [2.75, 3.05) is 0 Å². The van der Waals surface area contributed by atoms with E-state index in [9.17, 15) is 17.6 Å². The van der Waals surface area contributed by atoms with Crippen molar-refractivity contribution in [2.24, 2.45) is 4.99 Å². The van der Waals surface area contributed by atoms with Gasteiger partial charge in [0.2, 0.25) is 0 Å². The number of benzene rings is 2. The zero-order valence-corrected chi connectivity index (χ0v) is 13.6. The summed E-state index contributed by atoms with van der Waals surface area (Å²) in [5.74, 6) is -0.657. The normalized spacial score (nSPS) is 18.0. The van der Waals surface area contributed by atoms with Crippen LogP contribution in [0.5, 0.6) is 0 Å². The molecule has 0 fully saturated rings. The van der Waals surface area contributed by atoms with Crippen molar-refractivity contribution < 1.29 is 17.6 Å². The van der Waals surface area contributed by atoms with Crippen LogP contribution < -0.4 is 0 Å². The highest BCUT2D eigenvalue weighted by Crippen LogP contribution is 2.32. The van der Waals surface area contributed by atoms with E-state index in [1.807, 2.05) is 0 Å². The second kappa shape index (κ2) is 6.26. The molecule has 0 spiro atoms. The van der Waals surface area contributed by atoms with E-state index in [0.717, 1.165) is 0 Å². The van der Waals surface area contributed by atoms with Crippen LogP contribution in [-0.4, -0.2) is 22.8 Å². The Balaban J connectivity index is 2.29. The molecule has 24 heavy (non-hydrogen) atoms. The van der Waals surface area contributed by atoms with Crippen molar-refractivity contribution in [1.82, 2.24) is 0 Å². The van der Waals surface area contributed by atoms with E-state index in [-0.39, 0.29) is 22.6 Å². The second-order valence-electron chi connectivity index (χ2n) is 5.35. The molecule has 0 amide bonds. The predicted molar refractivity (Wildman–Crippen MR) is 89.6 cm³/mol. The third-order valence-electron chi connectivity index (χ3n) is 3.69. The van der Waals surface area contributed by atoms with E-state index in [4.69, 9.17) is 23.8 Å². The number of fused-ring (bicyclic) bond motifs is 1. The molecule has 0 radical (unpaired) electrons. The van der Waals surface area contributed by atoms with Gasteiger partial charge in [0.05, 0.1) is 5.71 Å². The summed E-state index contributed by atoms with van der Waals surface area (Å²) in [4.78, 5) is 3.54. The maximum Gasteiger partial charge on any atom is 0.415 e. The van der Waals surface area contributed by atoms with E-state index >= 15 is 0 Å². The minimum absolute atomic E-state index is 0.0139. The van der Waals surface area contributed by atoms with Gasteiger partial charge in [0.1, 0.15) is 5.82 Å². The molecule has 0 aliphatic carbocycles. The van der Waals surface area contributed by atoms with Crippen LogP contribution in [0, 0.1) is 5.82 Å². The fourth-order valence-electron chi connectivity index (χ4n) is 2.60. The van der Waals surface area contributed by atoms with Crippen LogP contribution in [0.4, 0.5) is 17.6 Å². The van der Waals surface area contributed by atoms with Crippen LogP contribution in [0.3, 0.4) is 0 Å². The summed E-state index contributed by atoms with van der Waals surface area (Å²) < 4.78 is 54.2. The third kappa shape index (κ3) is 3.21. The zero-order chi connectivity index (χ0) is 17.5. The monoisotopic (exact) mass is 371 g/mol. The van der Waals surface area contributed by atoms with E-state index < -0.39 is 18.0 Å². The van der Waals surface area contributed by atoms with Gasteiger partial charge in [-0.2, -0.15) is 13.2 Å². The van der Waals surface area contributed by atoms with Crippen molar-refractivity contribution in [3.8, 4) is 0 Å². The predicted octanol–water partition coefficient (Wildman–Crippen LogP) is 5.17. The van der Waals surface area contributed by atoms with E-state index in [1.54, 1.807) is 12.1 Å². The lowest BCUT2D eigenvalue weighted by atomic mass is 9.95. The quantitative estimate of drug-likeness (QED) is 0.497. The average Bonchev–Trinajstić information content (AvgIpc) is 2.64. The van der Waals surface area contributed by atoms with Crippen molar-refractivity contribution in [2.45, 2.75) is 18.6 Å². The van der Waals surface area contributed by atoms with Gasteiger partial charge < -0.3 is 0 Å². The zero-order valence-electron chi connectivity index (χ0n) is 12.1. The minimum atomic E-state index is -4.64. The molecule has 0 saturated carbocycles. The van der Waals surface area contributed by atoms with E-state index in [2.05, 4.69) is 4.99 Å². The van der Waals surface area contributed by atoms with Crippen LogP contribution in [0.25, 0.3) is 0 Å². The van der Waals surface area contributed by atoms with Gasteiger partial charge >= 0.3 is 6.18 Å². The molecule has 7 heteroatoms. The van der Waals surface area contributed by atoms with Crippen LogP contribution in [0.15, 0.2) is 47.5 Å². The molecular formula is C17H10ClF4NS. The van der Waals surface area contributed by atoms with Gasteiger partial charge in [0.25, 0.3) is 0 Å². The number of alkyl halides is 3. The van der Waals surface area contributed by atoms with Gasteiger partial charge in [0.15, 0.2) is 6.04 Å². The maximum absolute atomic E-state index is 14.2. The maximum atomic E-state index is 14.2. The molecule has 2 aromatic rings. The molecule has 1 aliphatic heterocycles. The molecule has 0 bridgehead atoms. The SMILES string of the molecule is Fc1ccccc1C1=N[C@H](C(F)(F)F)C(=S)Cc2ccc(Cl)cc21. The lowest BCUT2D eigenvalue weighted by Gasteiger charge is -2.16. The average molecular weight is 372 g/mol. The Labute approximate surface area is 146 Å². The van der Waals surface area contributed by atoms with Crippen molar-refractivity contribution in [3.05, 3.63) is 70.0 Å². The van der Waals surface area contributed by atoms with Crippen molar-refractivity contribution in [1.29, 1.82) is 0 Å². The lowest BCUT2D eigenvalue weighted by molar-refractivity contribution is -0.131. The van der Waals surface area contributed by atoms with Crippen LogP contribution in [-0.2, 0) is 6.42 Å². The lowest BCUT2D eigenvalue weighted by Crippen LogP contribution is -2.35. The Morgan fingerprint density at radius 3 is 2.46 bits per heavy atom. The topological polar surface area (TPSA) is 12.4 Å². The van der Waals surface area contributed by atoms with Gasteiger partial charge in [-0.3, -0.25) is 4.99 Å². The summed E-state index contributed by atoms with van der Waals surface area (Å²) in [6.07, 6.45) is -4.72. The van der Waals surface area contributed by atoms with Crippen molar-refractivity contribution >= 4 is 34.4 Å². The molecule has 1 aliphatic rings. The van der Waals surface area contributed by atoms with Gasteiger partial charge in [-0.15, -0.1) is 0 Å². The van der Waals surface area contributed by atoms with Gasteiger partial charge in [-0.1, -0.05) is 42.0 Å². The number of thiocarbonyl (C=S) groups is 1. The molecule has 2 aromatic carbocycles. The first-order valence-corrected chi connectivity index (χ1v) is 7.77. The fourth-order valence-corrected chi connectivity index (χ4v) is 3.12. The van der Waals surface area contributed by atoms with Crippen LogP contribution in [0.2, 0.25) is 5.02 Å². The highest BCUT2D eigenvalue weighted by molar-refractivity contribution is 7.80. The Kier molecular flexibility index (Phi) is 4.44. The largest absolute Gasteiger partial charge is 0.415 e. The molecule has 1 heterocycles. The molecular weight excluding hydrogens is 362 g/mol. The molecule has 124 valence electrons. The second-order valence-corrected chi connectivity index (χ2v) is 6.31. The molecule has 0 aromatic heterocycles. The van der Waals surface area contributed by atoms with E-state index in [0.29, 0.717) is 16.1 Å². The number of hydrogen-bond acceptors (Lipinski definition) is 2. The van der Waals surface area contributed by atoms with Gasteiger partial charge in [-0.25, -0.2) is 4.39 Å². The number of aliphatic imine (C=N–C) groups is 1. The Morgan fingerprint density at radius 1 is 1.08 bits per heavy atom. The minimum Gasteiger partial charge on any atom is -0.266 e. The number of nitrogens with zero attached hydrogens (tertiary/aromatic N) is 1. The van der Waals surface area contributed by atoms with Crippen molar-refractivity contribution in [3.63, 3.8) is 0 Å². The van der Waals surface area contributed by atoms with Gasteiger partial charge in [0, 0.05) is 27.4 Å². The summed E-state index contributed by atoms with van der Waals surface area (Å²) in [6, 6.07) is 8.05. The Morgan fingerprint density at radius 2 is 1.79 bits per heavy atom. The third-order valence-corrected chi connectivity index (χ3v) is 4.30. The van der Waals surface area contributed by atoms with Gasteiger partial charge in [-0.05, 0) is 29.8 Å². The standard InChI is InChI=1S/C17H10ClF4NS/c18-10-6-5-9-7-14(24)16(17(20,21)22)23-15(12(9)8-10)11-3-1-2-4-13(11)19/h1-6,8,16H,7H2/t16-/m0/s1. The highest BCUT2D eigenvalue weighted by atomic mass is 35.5. The smallest absolute Gasteiger partial charge is 0.266 e.